The molecule has 8 heteroatoms. The molecule has 3 aromatic carbocycles. The van der Waals surface area contributed by atoms with E-state index >= 15 is 0 Å². The molecular weight excluding hydrogens is 496 g/mol. The lowest BCUT2D eigenvalue weighted by Gasteiger charge is -2.21. The molecule has 0 spiro atoms. The molecule has 4 rings (SSSR count). The van der Waals surface area contributed by atoms with E-state index in [4.69, 9.17) is 0 Å². The van der Waals surface area contributed by atoms with E-state index in [0.29, 0.717) is 0 Å². The van der Waals surface area contributed by atoms with Crippen molar-refractivity contribution in [3.63, 3.8) is 0 Å². The minimum Gasteiger partial charge on any atom is -0.317 e. The predicted molar refractivity (Wildman–Crippen MR) is 151 cm³/mol. The number of nitrogens with one attached hydrogen (secondary N) is 1. The molecule has 4 aromatic rings. The van der Waals surface area contributed by atoms with Crippen molar-refractivity contribution in [2.75, 3.05) is 6.54 Å². The van der Waals surface area contributed by atoms with Crippen LogP contribution in [0.15, 0.2) is 94.9 Å². The maximum absolute atomic E-state index is 13.3. The number of carbonyl (C=O) groups is 1. The van der Waals surface area contributed by atoms with Crippen LogP contribution in [0.4, 0.5) is 0 Å². The summed E-state index contributed by atoms with van der Waals surface area (Å²) in [6, 6.07) is 25.5. The summed E-state index contributed by atoms with van der Waals surface area (Å²) >= 11 is 0. The molecule has 1 heterocycles. The van der Waals surface area contributed by atoms with E-state index < -0.39 is 15.9 Å². The molecular formula is C30H32N4O3S. The molecule has 1 aromatic heterocycles. The lowest BCUT2D eigenvalue weighted by molar-refractivity contribution is -0.121. The maximum Gasteiger partial charge on any atom is 0.255 e. The molecule has 0 fully saturated rings. The zero-order valence-corrected chi connectivity index (χ0v) is 22.9. The van der Waals surface area contributed by atoms with Gasteiger partial charge >= 0.3 is 0 Å². The summed E-state index contributed by atoms with van der Waals surface area (Å²) in [4.78, 5) is 13.0. The summed E-state index contributed by atoms with van der Waals surface area (Å²) in [5.74, 6) is -0.528. The zero-order chi connectivity index (χ0) is 27.3. The first-order valence-electron chi connectivity index (χ1n) is 12.3. The van der Waals surface area contributed by atoms with E-state index in [1.54, 1.807) is 24.4 Å². The number of nitrogens with zero attached hydrogens (tertiary/aromatic N) is 3. The molecule has 0 bridgehead atoms. The van der Waals surface area contributed by atoms with E-state index in [2.05, 4.69) is 41.1 Å². The number of hydrogen-bond acceptors (Lipinski definition) is 4. The Bertz CT molecular complexity index is 1540. The van der Waals surface area contributed by atoms with Crippen LogP contribution in [-0.4, -0.2) is 36.0 Å². The fraction of sp³-hybridized carbons (Fsp3) is 0.200. The molecule has 7 nitrogen and oxygen atoms in total. The molecule has 0 saturated heterocycles. The van der Waals surface area contributed by atoms with Crippen LogP contribution >= 0.6 is 0 Å². The van der Waals surface area contributed by atoms with Crippen LogP contribution in [0.1, 0.15) is 33.6 Å². The Labute approximate surface area is 224 Å². The standard InChI is InChI=1S/C30H32N4O3S/c1-22-12-11-13-23(2)30(22)34-24(3)18-27(25(34)4)19-31-32-29(35)21-33(20-26-14-7-5-8-15-26)38(36,37)28-16-9-6-10-17-28/h5-19H,20-21H2,1-4H3,(H,32,35)/b31-19-. The first-order valence-corrected chi connectivity index (χ1v) is 13.8. The van der Waals surface area contributed by atoms with Crippen molar-refractivity contribution in [2.24, 2.45) is 5.10 Å². The number of hydrazone groups is 1. The number of rotatable bonds is 9. The largest absolute Gasteiger partial charge is 0.317 e. The normalized spacial score (nSPS) is 11.8. The van der Waals surface area contributed by atoms with E-state index in [1.165, 1.54) is 23.3 Å². The van der Waals surface area contributed by atoms with Crippen molar-refractivity contribution in [1.82, 2.24) is 14.3 Å². The fourth-order valence-corrected chi connectivity index (χ4v) is 5.95. The summed E-state index contributed by atoms with van der Waals surface area (Å²) < 4.78 is 30.0. The van der Waals surface area contributed by atoms with E-state index in [0.717, 1.165) is 32.5 Å². The Morgan fingerprint density at radius 3 is 2.13 bits per heavy atom. The molecule has 0 aliphatic carbocycles. The number of para-hydroxylation sites is 1. The van der Waals surface area contributed by atoms with Gasteiger partial charge in [-0.2, -0.15) is 9.41 Å². The van der Waals surface area contributed by atoms with Gasteiger partial charge in [-0.25, -0.2) is 13.8 Å². The average Bonchev–Trinajstić information content (AvgIpc) is 3.17. The maximum atomic E-state index is 13.3. The molecule has 0 unspecified atom stereocenters. The lowest BCUT2D eigenvalue weighted by Crippen LogP contribution is -2.39. The second-order valence-electron chi connectivity index (χ2n) is 9.27. The van der Waals surface area contributed by atoms with Crippen LogP contribution in [-0.2, 0) is 21.4 Å². The first-order chi connectivity index (χ1) is 18.2. The third-order valence-electron chi connectivity index (χ3n) is 6.43. The molecule has 0 radical (unpaired) electrons. The van der Waals surface area contributed by atoms with E-state index in [9.17, 15) is 13.2 Å². The minimum absolute atomic E-state index is 0.0616. The van der Waals surface area contributed by atoms with Gasteiger partial charge in [-0.15, -0.1) is 0 Å². The number of hydrogen-bond donors (Lipinski definition) is 1. The summed E-state index contributed by atoms with van der Waals surface area (Å²) in [6.45, 7) is 7.90. The Morgan fingerprint density at radius 1 is 0.895 bits per heavy atom. The molecule has 0 atom stereocenters. The van der Waals surface area contributed by atoms with Crippen LogP contribution in [0.3, 0.4) is 0 Å². The van der Waals surface area contributed by atoms with Crippen molar-refractivity contribution in [3.05, 3.63) is 119 Å². The van der Waals surface area contributed by atoms with Crippen LogP contribution in [0, 0.1) is 27.7 Å². The Balaban J connectivity index is 1.53. The van der Waals surface area contributed by atoms with Crippen molar-refractivity contribution in [2.45, 2.75) is 39.1 Å². The van der Waals surface area contributed by atoms with Crippen LogP contribution in [0.5, 0.6) is 0 Å². The number of sulfonamides is 1. The molecule has 38 heavy (non-hydrogen) atoms. The summed E-state index contributed by atoms with van der Waals surface area (Å²) in [5.41, 5.74) is 9.67. The number of carbonyl (C=O) groups excluding carboxylic acids is 1. The third kappa shape index (κ3) is 5.93. The SMILES string of the molecule is Cc1cccc(C)c1-n1c(C)cc(/C=N\NC(=O)CN(Cc2ccccc2)S(=O)(=O)c2ccccc2)c1C. The molecule has 1 amide bonds. The van der Waals surface area contributed by atoms with Crippen molar-refractivity contribution < 1.29 is 13.2 Å². The van der Waals surface area contributed by atoms with Gasteiger partial charge in [0.1, 0.15) is 0 Å². The van der Waals surface area contributed by atoms with Gasteiger partial charge in [0, 0.05) is 23.5 Å². The monoisotopic (exact) mass is 528 g/mol. The van der Waals surface area contributed by atoms with Gasteiger partial charge in [-0.1, -0.05) is 66.7 Å². The van der Waals surface area contributed by atoms with Gasteiger partial charge < -0.3 is 4.57 Å². The van der Waals surface area contributed by atoms with E-state index in [1.807, 2.05) is 56.3 Å². The lowest BCUT2D eigenvalue weighted by atomic mass is 10.1. The highest BCUT2D eigenvalue weighted by Gasteiger charge is 2.26. The Kier molecular flexibility index (Phi) is 8.24. The van der Waals surface area contributed by atoms with Gasteiger partial charge in [-0.05, 0) is 62.6 Å². The molecule has 1 N–H and O–H groups in total. The van der Waals surface area contributed by atoms with Crippen molar-refractivity contribution >= 4 is 22.1 Å². The topological polar surface area (TPSA) is 83.8 Å². The zero-order valence-electron chi connectivity index (χ0n) is 22.0. The Morgan fingerprint density at radius 2 is 1.50 bits per heavy atom. The second-order valence-corrected chi connectivity index (χ2v) is 11.2. The highest BCUT2D eigenvalue weighted by molar-refractivity contribution is 7.89. The van der Waals surface area contributed by atoms with Crippen LogP contribution < -0.4 is 5.43 Å². The molecule has 0 aliphatic heterocycles. The minimum atomic E-state index is -3.90. The predicted octanol–water partition coefficient (Wildman–Crippen LogP) is 5.05. The van der Waals surface area contributed by atoms with Gasteiger partial charge in [0.15, 0.2) is 0 Å². The second kappa shape index (κ2) is 11.6. The Hall–Kier alpha value is -4.01. The molecule has 0 aliphatic rings. The third-order valence-corrected chi connectivity index (χ3v) is 8.23. The van der Waals surface area contributed by atoms with Gasteiger partial charge in [0.05, 0.1) is 23.3 Å². The average molecular weight is 529 g/mol. The fourth-order valence-electron chi connectivity index (χ4n) is 4.54. The van der Waals surface area contributed by atoms with Gasteiger partial charge in [-0.3, -0.25) is 4.79 Å². The van der Waals surface area contributed by atoms with Crippen molar-refractivity contribution in [1.29, 1.82) is 0 Å². The molecule has 196 valence electrons. The highest BCUT2D eigenvalue weighted by atomic mass is 32.2. The van der Waals surface area contributed by atoms with Crippen molar-refractivity contribution in [3.8, 4) is 5.69 Å². The number of aryl methyl sites for hydroxylation is 3. The van der Waals surface area contributed by atoms with E-state index in [-0.39, 0.29) is 18.0 Å². The summed E-state index contributed by atoms with van der Waals surface area (Å²) in [5, 5.41) is 4.15. The number of amides is 1. The first kappa shape index (κ1) is 27.0. The summed E-state index contributed by atoms with van der Waals surface area (Å²) in [6.07, 6.45) is 1.59. The van der Waals surface area contributed by atoms with Gasteiger partial charge in [0.2, 0.25) is 10.0 Å². The van der Waals surface area contributed by atoms with Crippen LogP contribution in [0.25, 0.3) is 5.69 Å². The summed E-state index contributed by atoms with van der Waals surface area (Å²) in [7, 11) is -3.90. The molecule has 0 saturated carbocycles. The smallest absolute Gasteiger partial charge is 0.255 e. The van der Waals surface area contributed by atoms with Gasteiger partial charge in [0.25, 0.3) is 5.91 Å². The quantitative estimate of drug-likeness (QED) is 0.244. The number of benzene rings is 3. The number of aromatic nitrogens is 1. The van der Waals surface area contributed by atoms with Crippen LogP contribution in [0.2, 0.25) is 0 Å². The highest BCUT2D eigenvalue weighted by Crippen LogP contribution is 2.25.